The van der Waals surface area contributed by atoms with Gasteiger partial charge in [-0.05, 0) is 42.9 Å². The lowest BCUT2D eigenvalue weighted by Gasteiger charge is -2.33. The van der Waals surface area contributed by atoms with Crippen molar-refractivity contribution in [1.82, 2.24) is 15.1 Å². The summed E-state index contributed by atoms with van der Waals surface area (Å²) in [6.45, 7) is 8.24. The smallest absolute Gasteiger partial charge is 0.193 e. The molecule has 0 radical (unpaired) electrons. The summed E-state index contributed by atoms with van der Waals surface area (Å²) in [6.07, 6.45) is 6.29. The summed E-state index contributed by atoms with van der Waals surface area (Å²) in [7, 11) is 3.67. The maximum absolute atomic E-state index is 5.50. The summed E-state index contributed by atoms with van der Waals surface area (Å²) in [4.78, 5) is 9.66. The lowest BCUT2D eigenvalue weighted by molar-refractivity contribution is 0.0315. The van der Waals surface area contributed by atoms with Crippen molar-refractivity contribution in [1.29, 1.82) is 0 Å². The van der Waals surface area contributed by atoms with Crippen LogP contribution in [0.3, 0.4) is 0 Å². The van der Waals surface area contributed by atoms with E-state index in [0.29, 0.717) is 0 Å². The second-order valence-corrected chi connectivity index (χ2v) is 9.13. The van der Waals surface area contributed by atoms with Gasteiger partial charge >= 0.3 is 0 Å². The van der Waals surface area contributed by atoms with Gasteiger partial charge in [-0.3, -0.25) is 9.89 Å². The number of methoxy groups -OCH3 is 1. The fraction of sp³-hybridized carbons (Fsp3) is 0.708. The van der Waals surface area contributed by atoms with Gasteiger partial charge in [0.05, 0.1) is 20.3 Å². The summed E-state index contributed by atoms with van der Waals surface area (Å²) in [5, 5.41) is 3.76. The quantitative estimate of drug-likeness (QED) is 0.573. The summed E-state index contributed by atoms with van der Waals surface area (Å²) in [5.41, 5.74) is 1.58. The van der Waals surface area contributed by atoms with Crippen LogP contribution < -0.4 is 10.1 Å². The molecule has 0 bridgehead atoms. The van der Waals surface area contributed by atoms with Crippen LogP contribution in [0.2, 0.25) is 0 Å². The van der Waals surface area contributed by atoms with Crippen LogP contribution in [0.15, 0.2) is 29.3 Å². The molecule has 2 aliphatic heterocycles. The molecule has 1 aromatic carbocycles. The third-order valence-electron chi connectivity index (χ3n) is 7.24. The summed E-state index contributed by atoms with van der Waals surface area (Å²) >= 11 is 0. The Labute approximate surface area is 181 Å². The highest BCUT2D eigenvalue weighted by Gasteiger charge is 2.37. The Bertz CT molecular complexity index is 711. The normalized spacial score (nSPS) is 24.9. The Kier molecular flexibility index (Phi) is 7.16. The molecule has 6 nitrogen and oxygen atoms in total. The molecule has 1 saturated carbocycles. The van der Waals surface area contributed by atoms with Crippen LogP contribution in [0.5, 0.6) is 5.75 Å². The number of rotatable bonds is 6. The van der Waals surface area contributed by atoms with Crippen molar-refractivity contribution in [2.75, 3.05) is 66.6 Å². The van der Waals surface area contributed by atoms with E-state index in [1.165, 1.54) is 44.2 Å². The number of guanidine groups is 1. The first-order chi connectivity index (χ1) is 14.7. The fourth-order valence-corrected chi connectivity index (χ4v) is 5.48. The molecule has 3 aliphatic rings. The average Bonchev–Trinajstić information content (AvgIpc) is 3.46. The van der Waals surface area contributed by atoms with Crippen LogP contribution in [-0.4, -0.2) is 82.4 Å². The van der Waals surface area contributed by atoms with Crippen LogP contribution in [-0.2, 0) is 10.2 Å². The highest BCUT2D eigenvalue weighted by Crippen LogP contribution is 2.41. The lowest BCUT2D eigenvalue weighted by Crippen LogP contribution is -2.46. The number of nitrogens with one attached hydrogen (secondary N) is 1. The van der Waals surface area contributed by atoms with Crippen molar-refractivity contribution in [3.8, 4) is 5.75 Å². The molecule has 1 aliphatic carbocycles. The largest absolute Gasteiger partial charge is 0.497 e. The molecule has 0 spiro atoms. The van der Waals surface area contributed by atoms with E-state index >= 15 is 0 Å². The van der Waals surface area contributed by atoms with Gasteiger partial charge in [0.1, 0.15) is 5.75 Å². The SMILES string of the molecule is CN=C(NCC1(c2cccc(OC)c2)CCCC1)N1CCC(CN2CCOCC2)C1. The van der Waals surface area contributed by atoms with Gasteiger partial charge in [0, 0.05) is 51.7 Å². The molecule has 2 heterocycles. The minimum absolute atomic E-state index is 0.178. The molecule has 166 valence electrons. The standard InChI is InChI=1S/C24H38N4O2/c1-25-23(28-11-8-20(18-28)17-27-12-14-30-15-13-27)26-19-24(9-3-4-10-24)21-6-5-7-22(16-21)29-2/h5-7,16,20H,3-4,8-15,17-19H2,1-2H3,(H,25,26). The summed E-state index contributed by atoms with van der Waals surface area (Å²) in [6, 6.07) is 8.66. The first-order valence-electron chi connectivity index (χ1n) is 11.6. The molecule has 0 amide bonds. The number of ether oxygens (including phenoxy) is 2. The number of nitrogens with zero attached hydrogens (tertiary/aromatic N) is 3. The fourth-order valence-electron chi connectivity index (χ4n) is 5.48. The zero-order chi connectivity index (χ0) is 20.8. The van der Waals surface area contributed by atoms with Crippen molar-refractivity contribution in [3.05, 3.63) is 29.8 Å². The molecular weight excluding hydrogens is 376 g/mol. The molecule has 3 fully saturated rings. The highest BCUT2D eigenvalue weighted by molar-refractivity contribution is 5.80. The van der Waals surface area contributed by atoms with E-state index in [4.69, 9.17) is 9.47 Å². The van der Waals surface area contributed by atoms with E-state index in [1.807, 2.05) is 13.1 Å². The molecule has 1 atom stereocenters. The Hall–Kier alpha value is -1.79. The molecule has 4 rings (SSSR count). The van der Waals surface area contributed by atoms with Crippen molar-refractivity contribution >= 4 is 5.96 Å². The summed E-state index contributed by atoms with van der Waals surface area (Å²) in [5.74, 6) is 2.74. The number of morpholine rings is 1. The van der Waals surface area contributed by atoms with E-state index in [2.05, 4.69) is 38.3 Å². The van der Waals surface area contributed by atoms with E-state index in [-0.39, 0.29) is 5.41 Å². The maximum Gasteiger partial charge on any atom is 0.193 e. The second kappa shape index (κ2) is 10.0. The Morgan fingerprint density at radius 2 is 2.03 bits per heavy atom. The highest BCUT2D eigenvalue weighted by atomic mass is 16.5. The molecule has 30 heavy (non-hydrogen) atoms. The van der Waals surface area contributed by atoms with E-state index < -0.39 is 0 Å². The van der Waals surface area contributed by atoms with E-state index in [9.17, 15) is 0 Å². The van der Waals surface area contributed by atoms with Crippen molar-refractivity contribution in [2.45, 2.75) is 37.5 Å². The van der Waals surface area contributed by atoms with Gasteiger partial charge in [-0.2, -0.15) is 0 Å². The predicted octanol–water partition coefficient (Wildman–Crippen LogP) is 2.74. The van der Waals surface area contributed by atoms with Gasteiger partial charge < -0.3 is 19.7 Å². The molecule has 2 saturated heterocycles. The van der Waals surface area contributed by atoms with Crippen molar-refractivity contribution < 1.29 is 9.47 Å². The van der Waals surface area contributed by atoms with E-state index in [0.717, 1.165) is 63.6 Å². The number of hydrogen-bond donors (Lipinski definition) is 1. The zero-order valence-electron chi connectivity index (χ0n) is 18.7. The topological polar surface area (TPSA) is 49.3 Å². The third-order valence-corrected chi connectivity index (χ3v) is 7.24. The molecular formula is C24H38N4O2. The van der Waals surface area contributed by atoms with Gasteiger partial charge in [0.2, 0.25) is 0 Å². The number of likely N-dealkylation sites (tertiary alicyclic amines) is 1. The predicted molar refractivity (Wildman–Crippen MR) is 121 cm³/mol. The zero-order valence-corrected chi connectivity index (χ0v) is 18.7. The minimum atomic E-state index is 0.178. The number of benzene rings is 1. The van der Waals surface area contributed by atoms with Gasteiger partial charge in [-0.1, -0.05) is 25.0 Å². The van der Waals surface area contributed by atoms with E-state index in [1.54, 1.807) is 7.11 Å². The van der Waals surface area contributed by atoms with Crippen molar-refractivity contribution in [3.63, 3.8) is 0 Å². The molecule has 1 N–H and O–H groups in total. The third kappa shape index (κ3) is 4.92. The molecule has 1 unspecified atom stereocenters. The molecule has 0 aromatic heterocycles. The van der Waals surface area contributed by atoms with Crippen LogP contribution >= 0.6 is 0 Å². The second-order valence-electron chi connectivity index (χ2n) is 9.13. The van der Waals surface area contributed by atoms with Crippen LogP contribution in [0, 0.1) is 5.92 Å². The minimum Gasteiger partial charge on any atom is -0.497 e. The first-order valence-corrected chi connectivity index (χ1v) is 11.6. The average molecular weight is 415 g/mol. The van der Waals surface area contributed by atoms with Crippen LogP contribution in [0.25, 0.3) is 0 Å². The number of aliphatic imine (C=N–C) groups is 1. The first kappa shape index (κ1) is 21.4. The molecule has 1 aromatic rings. The van der Waals surface area contributed by atoms with Crippen LogP contribution in [0.4, 0.5) is 0 Å². The number of hydrogen-bond acceptors (Lipinski definition) is 4. The van der Waals surface area contributed by atoms with Gasteiger partial charge in [-0.15, -0.1) is 0 Å². The monoisotopic (exact) mass is 414 g/mol. The van der Waals surface area contributed by atoms with Gasteiger partial charge in [-0.25, -0.2) is 0 Å². The Morgan fingerprint density at radius 3 is 2.77 bits per heavy atom. The Balaban J connectivity index is 1.36. The lowest BCUT2D eigenvalue weighted by atomic mass is 9.78. The van der Waals surface area contributed by atoms with Gasteiger partial charge in [0.25, 0.3) is 0 Å². The molecule has 6 heteroatoms. The van der Waals surface area contributed by atoms with Crippen LogP contribution in [0.1, 0.15) is 37.7 Å². The summed E-state index contributed by atoms with van der Waals surface area (Å²) < 4.78 is 11.0. The maximum atomic E-state index is 5.50. The Morgan fingerprint density at radius 1 is 1.23 bits per heavy atom. The van der Waals surface area contributed by atoms with Gasteiger partial charge in [0.15, 0.2) is 5.96 Å². The van der Waals surface area contributed by atoms with Crippen molar-refractivity contribution in [2.24, 2.45) is 10.9 Å².